The third-order valence-corrected chi connectivity index (χ3v) is 5.19. The zero-order chi connectivity index (χ0) is 17.5. The summed E-state index contributed by atoms with van der Waals surface area (Å²) in [5.74, 6) is 1.17. The molecule has 0 aromatic carbocycles. The number of hydrogen-bond donors (Lipinski definition) is 1. The highest BCUT2D eigenvalue weighted by Crippen LogP contribution is 2.24. The predicted molar refractivity (Wildman–Crippen MR) is 96.3 cm³/mol. The number of nitrogens with zero attached hydrogens (tertiary/aromatic N) is 4. The van der Waals surface area contributed by atoms with Gasteiger partial charge >= 0.3 is 0 Å². The molecule has 134 valence electrons. The standard InChI is InChI=1S/C17H23N5O2S/c1-24-11-10-22-16(13-6-8-18-9-7-13)20-21-17(22)25-12-15(23)19-14-4-2-3-5-14/h6-9,14H,2-5,10-12H2,1H3,(H,19,23). The third kappa shape index (κ3) is 4.79. The van der Waals surface area contributed by atoms with E-state index in [-0.39, 0.29) is 5.91 Å². The van der Waals surface area contributed by atoms with Crippen molar-refractivity contribution in [3.63, 3.8) is 0 Å². The number of amides is 1. The van der Waals surface area contributed by atoms with E-state index in [1.165, 1.54) is 24.6 Å². The molecule has 2 heterocycles. The Morgan fingerprint density at radius 3 is 2.80 bits per heavy atom. The van der Waals surface area contributed by atoms with Crippen LogP contribution in [-0.2, 0) is 16.1 Å². The Morgan fingerprint density at radius 1 is 1.32 bits per heavy atom. The zero-order valence-corrected chi connectivity index (χ0v) is 15.2. The summed E-state index contributed by atoms with van der Waals surface area (Å²) in [6.07, 6.45) is 8.05. The molecule has 0 bridgehead atoms. The molecule has 0 unspecified atom stereocenters. The molecule has 1 saturated carbocycles. The first-order valence-corrected chi connectivity index (χ1v) is 9.51. The van der Waals surface area contributed by atoms with Gasteiger partial charge in [0, 0.05) is 31.1 Å². The van der Waals surface area contributed by atoms with Gasteiger partial charge in [-0.2, -0.15) is 0 Å². The predicted octanol–water partition coefficient (Wildman–Crippen LogP) is 2.14. The first-order chi connectivity index (χ1) is 12.3. The van der Waals surface area contributed by atoms with Crippen LogP contribution in [0.4, 0.5) is 0 Å². The lowest BCUT2D eigenvalue weighted by atomic mass is 10.2. The molecule has 0 atom stereocenters. The Kier molecular flexibility index (Phi) is 6.41. The van der Waals surface area contributed by atoms with E-state index >= 15 is 0 Å². The molecule has 2 aromatic rings. The average Bonchev–Trinajstić information content (AvgIpc) is 3.28. The fourth-order valence-corrected chi connectivity index (χ4v) is 3.74. The number of methoxy groups -OCH3 is 1. The van der Waals surface area contributed by atoms with Gasteiger partial charge in [-0.15, -0.1) is 10.2 Å². The first-order valence-electron chi connectivity index (χ1n) is 8.52. The van der Waals surface area contributed by atoms with Gasteiger partial charge in [-0.1, -0.05) is 24.6 Å². The second kappa shape index (κ2) is 8.96. The van der Waals surface area contributed by atoms with E-state index in [0.717, 1.165) is 29.4 Å². The first kappa shape index (κ1) is 17.9. The summed E-state index contributed by atoms with van der Waals surface area (Å²) in [5.41, 5.74) is 0.945. The number of aromatic nitrogens is 4. The van der Waals surface area contributed by atoms with E-state index in [9.17, 15) is 4.79 Å². The summed E-state index contributed by atoms with van der Waals surface area (Å²) in [7, 11) is 1.67. The minimum atomic E-state index is 0.0589. The maximum absolute atomic E-state index is 12.2. The smallest absolute Gasteiger partial charge is 0.230 e. The molecule has 0 saturated heterocycles. The number of carbonyl (C=O) groups excluding carboxylic acids is 1. The lowest BCUT2D eigenvalue weighted by Crippen LogP contribution is -2.33. The van der Waals surface area contributed by atoms with Crippen molar-refractivity contribution >= 4 is 17.7 Å². The molecule has 1 fully saturated rings. The van der Waals surface area contributed by atoms with Crippen molar-refractivity contribution in [2.24, 2.45) is 0 Å². The highest BCUT2D eigenvalue weighted by Gasteiger charge is 2.19. The minimum absolute atomic E-state index is 0.0589. The average molecular weight is 361 g/mol. The molecular weight excluding hydrogens is 338 g/mol. The molecule has 2 aromatic heterocycles. The van der Waals surface area contributed by atoms with Crippen LogP contribution in [0.15, 0.2) is 29.7 Å². The summed E-state index contributed by atoms with van der Waals surface area (Å²) in [5, 5.41) is 12.4. The summed E-state index contributed by atoms with van der Waals surface area (Å²) in [6.45, 7) is 1.19. The summed E-state index contributed by atoms with van der Waals surface area (Å²) in [6, 6.07) is 4.13. The van der Waals surface area contributed by atoms with Gasteiger partial charge in [-0.05, 0) is 25.0 Å². The fraction of sp³-hybridized carbons (Fsp3) is 0.529. The second-order valence-corrected chi connectivity index (χ2v) is 6.97. The lowest BCUT2D eigenvalue weighted by Gasteiger charge is -2.12. The van der Waals surface area contributed by atoms with Crippen molar-refractivity contribution in [3.8, 4) is 11.4 Å². The Morgan fingerprint density at radius 2 is 2.08 bits per heavy atom. The largest absolute Gasteiger partial charge is 0.383 e. The molecule has 1 N–H and O–H groups in total. The fourth-order valence-electron chi connectivity index (χ4n) is 2.96. The van der Waals surface area contributed by atoms with Crippen molar-refractivity contribution in [2.75, 3.05) is 19.5 Å². The number of thioether (sulfide) groups is 1. The van der Waals surface area contributed by atoms with Gasteiger partial charge in [0.25, 0.3) is 0 Å². The van der Waals surface area contributed by atoms with Crippen molar-refractivity contribution in [3.05, 3.63) is 24.5 Å². The van der Waals surface area contributed by atoms with Crippen LogP contribution in [0.1, 0.15) is 25.7 Å². The highest BCUT2D eigenvalue weighted by molar-refractivity contribution is 7.99. The van der Waals surface area contributed by atoms with E-state index in [0.29, 0.717) is 24.9 Å². The van der Waals surface area contributed by atoms with Crippen LogP contribution in [0.2, 0.25) is 0 Å². The van der Waals surface area contributed by atoms with Gasteiger partial charge in [0.05, 0.1) is 18.9 Å². The maximum atomic E-state index is 12.2. The molecular formula is C17H23N5O2S. The van der Waals surface area contributed by atoms with E-state index in [1.54, 1.807) is 19.5 Å². The van der Waals surface area contributed by atoms with Gasteiger partial charge in [0.15, 0.2) is 11.0 Å². The zero-order valence-electron chi connectivity index (χ0n) is 14.4. The van der Waals surface area contributed by atoms with E-state index < -0.39 is 0 Å². The minimum Gasteiger partial charge on any atom is -0.383 e. The molecule has 0 aliphatic heterocycles. The van der Waals surface area contributed by atoms with Crippen LogP contribution in [0.25, 0.3) is 11.4 Å². The molecule has 7 nitrogen and oxygen atoms in total. The molecule has 3 rings (SSSR count). The van der Waals surface area contributed by atoms with Gasteiger partial charge in [-0.25, -0.2) is 0 Å². The van der Waals surface area contributed by atoms with Gasteiger partial charge in [0.1, 0.15) is 0 Å². The van der Waals surface area contributed by atoms with Crippen LogP contribution in [0.5, 0.6) is 0 Å². The molecule has 0 spiro atoms. The molecule has 1 amide bonds. The van der Waals surface area contributed by atoms with E-state index in [4.69, 9.17) is 4.74 Å². The number of pyridine rings is 1. The van der Waals surface area contributed by atoms with Gasteiger partial charge in [-0.3, -0.25) is 14.3 Å². The third-order valence-electron chi connectivity index (χ3n) is 4.23. The number of carbonyl (C=O) groups is 1. The molecule has 25 heavy (non-hydrogen) atoms. The monoisotopic (exact) mass is 361 g/mol. The molecule has 1 aliphatic rings. The van der Waals surface area contributed by atoms with Crippen LogP contribution in [0, 0.1) is 0 Å². The van der Waals surface area contributed by atoms with Crippen LogP contribution in [-0.4, -0.2) is 51.2 Å². The van der Waals surface area contributed by atoms with E-state index in [1.807, 2.05) is 16.7 Å². The number of ether oxygens (including phenoxy) is 1. The number of nitrogens with one attached hydrogen (secondary N) is 1. The summed E-state index contributed by atoms with van der Waals surface area (Å²) >= 11 is 1.41. The SMILES string of the molecule is COCCn1c(SCC(=O)NC2CCCC2)nnc1-c1ccncc1. The van der Waals surface area contributed by atoms with Gasteiger partial charge in [0.2, 0.25) is 5.91 Å². The van der Waals surface area contributed by atoms with Gasteiger partial charge < -0.3 is 10.1 Å². The highest BCUT2D eigenvalue weighted by atomic mass is 32.2. The Balaban J connectivity index is 1.67. The Labute approximate surface area is 151 Å². The van der Waals surface area contributed by atoms with E-state index in [2.05, 4.69) is 20.5 Å². The Hall–Kier alpha value is -1.93. The number of rotatable bonds is 8. The van der Waals surface area contributed by atoms with Crippen LogP contribution < -0.4 is 5.32 Å². The Bertz CT molecular complexity index is 686. The lowest BCUT2D eigenvalue weighted by molar-refractivity contribution is -0.119. The quantitative estimate of drug-likeness (QED) is 0.726. The van der Waals surface area contributed by atoms with Crippen LogP contribution >= 0.6 is 11.8 Å². The van der Waals surface area contributed by atoms with Crippen molar-refractivity contribution in [1.29, 1.82) is 0 Å². The topological polar surface area (TPSA) is 81.9 Å². The molecule has 0 radical (unpaired) electrons. The summed E-state index contributed by atoms with van der Waals surface area (Å²) < 4.78 is 7.19. The van der Waals surface area contributed by atoms with Crippen LogP contribution in [0.3, 0.4) is 0 Å². The maximum Gasteiger partial charge on any atom is 0.230 e. The summed E-state index contributed by atoms with van der Waals surface area (Å²) in [4.78, 5) is 16.2. The van der Waals surface area contributed by atoms with Crippen molar-refractivity contribution < 1.29 is 9.53 Å². The normalized spacial score (nSPS) is 14.8. The van der Waals surface area contributed by atoms with Crippen molar-refractivity contribution in [1.82, 2.24) is 25.1 Å². The second-order valence-electron chi connectivity index (χ2n) is 6.02. The molecule has 1 aliphatic carbocycles. The molecule has 8 heteroatoms. The number of hydrogen-bond acceptors (Lipinski definition) is 6. The van der Waals surface area contributed by atoms with Crippen molar-refractivity contribution in [2.45, 2.75) is 43.4 Å².